The minimum atomic E-state index is -0.506. The van der Waals surface area contributed by atoms with Crippen molar-refractivity contribution < 1.29 is 9.59 Å². The Balaban J connectivity index is 1.32. The number of hydrogen-bond donors (Lipinski definition) is 3. The van der Waals surface area contributed by atoms with Gasteiger partial charge in [-0.05, 0) is 67.2 Å². The van der Waals surface area contributed by atoms with E-state index in [2.05, 4.69) is 35.6 Å². The van der Waals surface area contributed by atoms with Gasteiger partial charge in [-0.2, -0.15) is 0 Å². The molecule has 2 amide bonds. The minimum Gasteiger partial charge on any atom is -0.397 e. The Morgan fingerprint density at radius 2 is 1.91 bits per heavy atom. The minimum absolute atomic E-state index is 0.318. The Kier molecular flexibility index (Phi) is 5.15. The van der Waals surface area contributed by atoms with Gasteiger partial charge in [0.25, 0.3) is 11.8 Å². The molecule has 0 aliphatic heterocycles. The van der Waals surface area contributed by atoms with E-state index in [-0.39, 0.29) is 5.91 Å². The number of aryl methyl sites for hydroxylation is 2. The molecule has 3 heterocycles. The van der Waals surface area contributed by atoms with E-state index in [0.29, 0.717) is 27.0 Å². The first-order valence-corrected chi connectivity index (χ1v) is 13.1. The Bertz CT molecular complexity index is 1450. The number of nitrogen functional groups attached to an aromatic ring is 1. The largest absolute Gasteiger partial charge is 0.397 e. The van der Waals surface area contributed by atoms with Crippen molar-refractivity contribution in [3.63, 3.8) is 0 Å². The number of benzene rings is 1. The predicted molar refractivity (Wildman–Crippen MR) is 138 cm³/mol. The molecular weight excluding hydrogens is 464 g/mol. The molecule has 0 saturated carbocycles. The second kappa shape index (κ2) is 8.21. The molecule has 0 fully saturated rings. The van der Waals surface area contributed by atoms with Crippen molar-refractivity contribution in [2.75, 3.05) is 11.1 Å². The maximum absolute atomic E-state index is 13.3. The van der Waals surface area contributed by atoms with Crippen LogP contribution in [0.3, 0.4) is 0 Å². The standard InChI is InChI=1S/C26H24N4O2S2/c27-21-17-11-15-7-4-8-18(15)29-25(17)34-22(21)24(32)30-26-20(23(28)31)16-10-9-14(12-19(16)33-26)13-5-2-1-3-6-13/h1-3,5-6,11,14H,4,7-10,12,27H2,(H2,28,31)(H,30,32). The Hall–Kier alpha value is -3.23. The topological polar surface area (TPSA) is 111 Å². The van der Waals surface area contributed by atoms with Gasteiger partial charge in [0.1, 0.15) is 14.7 Å². The fraction of sp³-hybridized carbons (Fsp3) is 0.269. The third kappa shape index (κ3) is 3.49. The van der Waals surface area contributed by atoms with E-state index in [1.165, 1.54) is 33.8 Å². The lowest BCUT2D eigenvalue weighted by Crippen LogP contribution is -2.19. The van der Waals surface area contributed by atoms with Crippen LogP contribution < -0.4 is 16.8 Å². The molecule has 34 heavy (non-hydrogen) atoms. The second-order valence-corrected chi connectivity index (χ2v) is 11.1. The second-order valence-electron chi connectivity index (χ2n) is 9.02. The molecule has 6 rings (SSSR count). The van der Waals surface area contributed by atoms with Crippen LogP contribution in [0.25, 0.3) is 10.2 Å². The van der Waals surface area contributed by atoms with E-state index in [1.807, 2.05) is 6.07 Å². The van der Waals surface area contributed by atoms with Gasteiger partial charge in [-0.1, -0.05) is 30.3 Å². The quantitative estimate of drug-likeness (QED) is 0.373. The van der Waals surface area contributed by atoms with Crippen molar-refractivity contribution >= 4 is 55.4 Å². The van der Waals surface area contributed by atoms with Gasteiger partial charge in [-0.15, -0.1) is 22.7 Å². The summed E-state index contributed by atoms with van der Waals surface area (Å²) in [5.74, 6) is -0.433. The summed E-state index contributed by atoms with van der Waals surface area (Å²) in [4.78, 5) is 32.7. The molecule has 3 aromatic heterocycles. The lowest BCUT2D eigenvalue weighted by Gasteiger charge is -2.22. The number of primary amides is 1. The van der Waals surface area contributed by atoms with Crippen molar-refractivity contribution in [2.24, 2.45) is 5.73 Å². The van der Waals surface area contributed by atoms with Crippen LogP contribution in [0.15, 0.2) is 36.4 Å². The third-order valence-electron chi connectivity index (χ3n) is 6.97. The third-order valence-corrected chi connectivity index (χ3v) is 9.25. The Labute approximate surface area is 205 Å². The van der Waals surface area contributed by atoms with Crippen LogP contribution in [-0.4, -0.2) is 16.8 Å². The average Bonchev–Trinajstić information content (AvgIpc) is 3.52. The van der Waals surface area contributed by atoms with Crippen LogP contribution >= 0.6 is 22.7 Å². The first-order valence-electron chi connectivity index (χ1n) is 11.5. The van der Waals surface area contributed by atoms with E-state index < -0.39 is 5.91 Å². The molecular formula is C26H24N4O2S2. The van der Waals surface area contributed by atoms with Crippen LogP contribution in [-0.2, 0) is 25.7 Å². The summed E-state index contributed by atoms with van der Waals surface area (Å²) in [6.45, 7) is 0. The van der Waals surface area contributed by atoms with E-state index >= 15 is 0 Å². The summed E-state index contributed by atoms with van der Waals surface area (Å²) in [5.41, 5.74) is 17.7. The molecule has 0 bridgehead atoms. The van der Waals surface area contributed by atoms with E-state index in [0.717, 1.165) is 64.9 Å². The summed E-state index contributed by atoms with van der Waals surface area (Å²) in [6.07, 6.45) is 5.62. The van der Waals surface area contributed by atoms with Gasteiger partial charge in [-0.3, -0.25) is 9.59 Å². The maximum atomic E-state index is 13.3. The van der Waals surface area contributed by atoms with E-state index in [1.54, 1.807) is 0 Å². The number of anilines is 2. The number of nitrogens with zero attached hydrogens (tertiary/aromatic N) is 1. The highest BCUT2D eigenvalue weighted by Gasteiger charge is 2.30. The molecule has 0 radical (unpaired) electrons. The zero-order valence-corrected chi connectivity index (χ0v) is 20.2. The molecule has 8 heteroatoms. The van der Waals surface area contributed by atoms with Crippen LogP contribution in [0.4, 0.5) is 10.7 Å². The van der Waals surface area contributed by atoms with Gasteiger partial charge in [-0.25, -0.2) is 4.98 Å². The highest BCUT2D eigenvalue weighted by Crippen LogP contribution is 2.43. The van der Waals surface area contributed by atoms with Gasteiger partial charge in [0.05, 0.1) is 11.3 Å². The molecule has 1 aromatic carbocycles. The lowest BCUT2D eigenvalue weighted by molar-refractivity contribution is 0.100. The molecule has 0 saturated heterocycles. The zero-order valence-electron chi connectivity index (χ0n) is 18.5. The number of thiophene rings is 2. The summed E-state index contributed by atoms with van der Waals surface area (Å²) in [6, 6.07) is 12.5. The molecule has 2 aliphatic rings. The van der Waals surface area contributed by atoms with E-state index in [9.17, 15) is 9.59 Å². The van der Waals surface area contributed by atoms with Crippen molar-refractivity contribution in [3.8, 4) is 0 Å². The zero-order chi connectivity index (χ0) is 23.4. The summed E-state index contributed by atoms with van der Waals surface area (Å²) in [5, 5.41) is 4.31. The molecule has 5 N–H and O–H groups in total. The Morgan fingerprint density at radius 3 is 2.71 bits per heavy atom. The van der Waals surface area contributed by atoms with Gasteiger partial charge in [0, 0.05) is 16.0 Å². The van der Waals surface area contributed by atoms with E-state index in [4.69, 9.17) is 16.5 Å². The number of carbonyl (C=O) groups excluding carboxylic acids is 2. The number of amides is 2. The number of nitrogens with two attached hydrogens (primary N) is 2. The smallest absolute Gasteiger partial charge is 0.268 e. The summed E-state index contributed by atoms with van der Waals surface area (Å²) >= 11 is 2.76. The van der Waals surface area contributed by atoms with Crippen LogP contribution in [0, 0.1) is 0 Å². The van der Waals surface area contributed by atoms with Gasteiger partial charge >= 0.3 is 0 Å². The normalized spacial score (nSPS) is 16.9. The number of fused-ring (bicyclic) bond motifs is 3. The van der Waals surface area contributed by atoms with Crippen LogP contribution in [0.5, 0.6) is 0 Å². The average molecular weight is 489 g/mol. The summed E-state index contributed by atoms with van der Waals surface area (Å²) in [7, 11) is 0. The van der Waals surface area contributed by atoms with Gasteiger partial charge in [0.15, 0.2) is 0 Å². The van der Waals surface area contributed by atoms with Crippen molar-refractivity contribution in [1.29, 1.82) is 0 Å². The van der Waals surface area contributed by atoms with Gasteiger partial charge < -0.3 is 16.8 Å². The number of rotatable bonds is 4. The maximum Gasteiger partial charge on any atom is 0.268 e. The number of hydrogen-bond acceptors (Lipinski definition) is 6. The van der Waals surface area contributed by atoms with Crippen LogP contribution in [0.2, 0.25) is 0 Å². The number of aromatic nitrogens is 1. The number of nitrogens with one attached hydrogen (secondary N) is 1. The highest BCUT2D eigenvalue weighted by molar-refractivity contribution is 7.21. The lowest BCUT2D eigenvalue weighted by atomic mass is 9.83. The highest BCUT2D eigenvalue weighted by atomic mass is 32.1. The number of carbonyl (C=O) groups is 2. The molecule has 2 aliphatic carbocycles. The predicted octanol–water partition coefficient (Wildman–Crippen LogP) is 5.05. The molecule has 4 aromatic rings. The molecule has 172 valence electrons. The molecule has 6 nitrogen and oxygen atoms in total. The number of pyridine rings is 1. The molecule has 1 atom stereocenters. The Morgan fingerprint density at radius 1 is 1.09 bits per heavy atom. The van der Waals surface area contributed by atoms with Crippen molar-refractivity contribution in [2.45, 2.75) is 44.4 Å². The molecule has 0 spiro atoms. The first kappa shape index (κ1) is 21.3. The first-order chi connectivity index (χ1) is 16.5. The van der Waals surface area contributed by atoms with Crippen LogP contribution in [0.1, 0.15) is 66.1 Å². The van der Waals surface area contributed by atoms with Crippen molar-refractivity contribution in [1.82, 2.24) is 4.98 Å². The SMILES string of the molecule is NC(=O)c1c(NC(=O)c2sc3nc4c(cc3c2N)CCC4)sc2c1CCC(c1ccccc1)C2. The monoisotopic (exact) mass is 488 g/mol. The van der Waals surface area contributed by atoms with Crippen molar-refractivity contribution in [3.05, 3.63) is 74.1 Å². The fourth-order valence-electron chi connectivity index (χ4n) is 5.27. The fourth-order valence-corrected chi connectivity index (χ4v) is 7.59. The molecule has 1 unspecified atom stereocenters. The van der Waals surface area contributed by atoms with Gasteiger partial charge in [0.2, 0.25) is 0 Å². The summed E-state index contributed by atoms with van der Waals surface area (Å²) < 4.78 is 0.